The van der Waals surface area contributed by atoms with Gasteiger partial charge in [0.2, 0.25) is 0 Å². The molecule has 0 radical (unpaired) electrons. The van der Waals surface area contributed by atoms with Gasteiger partial charge in [0.1, 0.15) is 24.2 Å². The Labute approximate surface area is 113 Å². The molecule has 0 aliphatic carbocycles. The molecule has 0 amide bonds. The number of fused-ring (bicyclic) bond motifs is 1. The van der Waals surface area contributed by atoms with E-state index in [0.717, 1.165) is 0 Å². The number of aliphatic hydroxyl groups is 3. The maximum absolute atomic E-state index is 10.0. The summed E-state index contributed by atoms with van der Waals surface area (Å²) in [4.78, 5) is 12.1. The van der Waals surface area contributed by atoms with E-state index in [2.05, 4.69) is 15.0 Å². The van der Waals surface area contributed by atoms with Gasteiger partial charge in [0.05, 0.1) is 31.6 Å². The maximum Gasteiger partial charge on any atom is 0.167 e. The number of nitrogens with two attached hydrogens (primary N) is 1. The molecular weight excluding hydrogens is 266 g/mol. The largest absolute Gasteiger partial charge is 0.396 e. The van der Waals surface area contributed by atoms with Crippen LogP contribution in [0.2, 0.25) is 0 Å². The van der Waals surface area contributed by atoms with Crippen LogP contribution in [0.4, 0.5) is 5.82 Å². The lowest BCUT2D eigenvalue weighted by Crippen LogP contribution is -2.31. The number of aliphatic hydroxyl groups excluding tert-OH is 3. The number of nitrogen functional groups attached to an aromatic ring is 1. The molecule has 3 heterocycles. The second-order valence-corrected chi connectivity index (χ2v) is 4.67. The van der Waals surface area contributed by atoms with Crippen molar-refractivity contribution in [2.45, 2.75) is 18.4 Å². The van der Waals surface area contributed by atoms with Crippen LogP contribution in [0.15, 0.2) is 12.7 Å². The van der Waals surface area contributed by atoms with E-state index in [1.54, 1.807) is 4.57 Å². The van der Waals surface area contributed by atoms with E-state index in [1.165, 1.54) is 12.7 Å². The van der Waals surface area contributed by atoms with Gasteiger partial charge in [-0.3, -0.25) is 4.57 Å². The third-order valence-corrected chi connectivity index (χ3v) is 3.55. The van der Waals surface area contributed by atoms with Crippen molar-refractivity contribution >= 4 is 17.0 Å². The number of anilines is 1. The second-order valence-electron chi connectivity index (χ2n) is 4.67. The number of rotatable bonds is 3. The summed E-state index contributed by atoms with van der Waals surface area (Å²) in [5.74, 6) is -0.340. The standard InChI is InChI=1S/C11H15N5O4/c12-9-7-10(14-3-13-9)16(4-15-7)11-5(1-17)8(19)6(2-18)20-11/h3-6,8,11,17-19H,1-2H2,(H2,12,13,14). The minimum absolute atomic E-state index is 0.242. The molecule has 9 nitrogen and oxygen atoms in total. The summed E-state index contributed by atoms with van der Waals surface area (Å²) < 4.78 is 7.16. The normalized spacial score (nSPS) is 30.1. The number of hydrogen-bond acceptors (Lipinski definition) is 8. The fourth-order valence-corrected chi connectivity index (χ4v) is 2.48. The highest BCUT2D eigenvalue weighted by molar-refractivity contribution is 5.81. The van der Waals surface area contributed by atoms with E-state index >= 15 is 0 Å². The first-order valence-electron chi connectivity index (χ1n) is 6.15. The molecule has 0 spiro atoms. The summed E-state index contributed by atoms with van der Waals surface area (Å²) in [5, 5.41) is 28.6. The van der Waals surface area contributed by atoms with E-state index in [1.807, 2.05) is 0 Å². The van der Waals surface area contributed by atoms with Crippen molar-refractivity contribution in [3.63, 3.8) is 0 Å². The van der Waals surface area contributed by atoms with Crippen molar-refractivity contribution in [2.24, 2.45) is 5.92 Å². The summed E-state index contributed by atoms with van der Waals surface area (Å²) >= 11 is 0. The van der Waals surface area contributed by atoms with Crippen LogP contribution in [0, 0.1) is 5.92 Å². The van der Waals surface area contributed by atoms with Crippen LogP contribution in [0.5, 0.6) is 0 Å². The number of imidazole rings is 1. The van der Waals surface area contributed by atoms with Crippen molar-refractivity contribution in [3.05, 3.63) is 12.7 Å². The molecule has 4 atom stereocenters. The third kappa shape index (κ3) is 1.83. The van der Waals surface area contributed by atoms with Gasteiger partial charge in [-0.25, -0.2) is 15.0 Å². The molecule has 1 aliphatic rings. The molecule has 20 heavy (non-hydrogen) atoms. The Morgan fingerprint density at radius 3 is 2.75 bits per heavy atom. The van der Waals surface area contributed by atoms with Gasteiger partial charge >= 0.3 is 0 Å². The average molecular weight is 281 g/mol. The zero-order valence-electron chi connectivity index (χ0n) is 10.5. The Morgan fingerprint density at radius 2 is 2.05 bits per heavy atom. The molecule has 9 heteroatoms. The highest BCUT2D eigenvalue weighted by Crippen LogP contribution is 2.36. The Hall–Kier alpha value is -1.81. The van der Waals surface area contributed by atoms with Gasteiger partial charge < -0.3 is 25.8 Å². The summed E-state index contributed by atoms with van der Waals surface area (Å²) in [6.45, 7) is -0.625. The summed E-state index contributed by atoms with van der Waals surface area (Å²) in [6.07, 6.45) is 0.376. The molecule has 0 bridgehead atoms. The number of aromatic nitrogens is 4. The first kappa shape index (κ1) is 13.2. The number of nitrogens with zero attached hydrogens (tertiary/aromatic N) is 4. The van der Waals surface area contributed by atoms with Gasteiger partial charge in [0, 0.05) is 0 Å². The predicted molar refractivity (Wildman–Crippen MR) is 67.3 cm³/mol. The molecule has 1 fully saturated rings. The quantitative estimate of drug-likeness (QED) is 0.520. The van der Waals surface area contributed by atoms with Crippen LogP contribution >= 0.6 is 0 Å². The minimum Gasteiger partial charge on any atom is -0.396 e. The van der Waals surface area contributed by atoms with Crippen LogP contribution in [-0.4, -0.2) is 60.3 Å². The molecule has 108 valence electrons. The van der Waals surface area contributed by atoms with Crippen LogP contribution in [0.25, 0.3) is 11.2 Å². The van der Waals surface area contributed by atoms with Crippen molar-refractivity contribution < 1.29 is 20.1 Å². The fraction of sp³-hybridized carbons (Fsp3) is 0.545. The van der Waals surface area contributed by atoms with Crippen molar-refractivity contribution in [1.29, 1.82) is 0 Å². The third-order valence-electron chi connectivity index (χ3n) is 3.55. The molecule has 2 aromatic rings. The van der Waals surface area contributed by atoms with Crippen LogP contribution in [0.1, 0.15) is 6.23 Å². The van der Waals surface area contributed by atoms with Gasteiger partial charge in [-0.05, 0) is 0 Å². The second kappa shape index (κ2) is 4.94. The molecular formula is C11H15N5O4. The molecule has 0 saturated carbocycles. The van der Waals surface area contributed by atoms with E-state index in [-0.39, 0.29) is 19.0 Å². The Morgan fingerprint density at radius 1 is 1.25 bits per heavy atom. The van der Waals surface area contributed by atoms with Gasteiger partial charge in [0.25, 0.3) is 0 Å². The van der Waals surface area contributed by atoms with Crippen LogP contribution in [-0.2, 0) is 4.74 Å². The lowest BCUT2D eigenvalue weighted by atomic mass is 10.0. The Bertz CT molecular complexity index is 618. The monoisotopic (exact) mass is 281 g/mol. The number of hydrogen-bond donors (Lipinski definition) is 4. The van der Waals surface area contributed by atoms with Crippen molar-refractivity contribution in [2.75, 3.05) is 18.9 Å². The Kier molecular flexibility index (Phi) is 3.26. The van der Waals surface area contributed by atoms with Gasteiger partial charge in [-0.2, -0.15) is 0 Å². The van der Waals surface area contributed by atoms with Crippen LogP contribution in [0.3, 0.4) is 0 Å². The van der Waals surface area contributed by atoms with E-state index in [0.29, 0.717) is 11.2 Å². The maximum atomic E-state index is 10.0. The van der Waals surface area contributed by atoms with Crippen LogP contribution < -0.4 is 5.73 Å². The van der Waals surface area contributed by atoms with Gasteiger partial charge in [0.15, 0.2) is 11.5 Å². The molecule has 5 N–H and O–H groups in total. The van der Waals surface area contributed by atoms with E-state index in [9.17, 15) is 15.3 Å². The smallest absolute Gasteiger partial charge is 0.167 e. The zero-order valence-corrected chi connectivity index (χ0v) is 10.5. The average Bonchev–Trinajstić information content (AvgIpc) is 3.00. The lowest BCUT2D eigenvalue weighted by Gasteiger charge is -2.19. The van der Waals surface area contributed by atoms with E-state index < -0.39 is 24.4 Å². The van der Waals surface area contributed by atoms with Crippen molar-refractivity contribution in [3.8, 4) is 0 Å². The molecule has 4 unspecified atom stereocenters. The zero-order chi connectivity index (χ0) is 14.3. The highest BCUT2D eigenvalue weighted by atomic mass is 16.5. The minimum atomic E-state index is -0.966. The highest BCUT2D eigenvalue weighted by Gasteiger charge is 2.44. The lowest BCUT2D eigenvalue weighted by molar-refractivity contribution is -0.0463. The predicted octanol–water partition coefficient (Wildman–Crippen LogP) is -1.73. The fourth-order valence-electron chi connectivity index (χ4n) is 2.48. The molecule has 2 aromatic heterocycles. The van der Waals surface area contributed by atoms with Gasteiger partial charge in [-0.15, -0.1) is 0 Å². The summed E-state index contributed by atoms with van der Waals surface area (Å²) in [7, 11) is 0. The molecule has 1 saturated heterocycles. The van der Waals surface area contributed by atoms with Gasteiger partial charge in [-0.1, -0.05) is 0 Å². The first-order valence-corrected chi connectivity index (χ1v) is 6.15. The Balaban J connectivity index is 2.04. The molecule has 0 aromatic carbocycles. The summed E-state index contributed by atoms with van der Waals surface area (Å²) in [5.41, 5.74) is 6.59. The molecule has 1 aliphatic heterocycles. The van der Waals surface area contributed by atoms with E-state index in [4.69, 9.17) is 10.5 Å². The summed E-state index contributed by atoms with van der Waals surface area (Å²) in [6, 6.07) is 0. The first-order chi connectivity index (χ1) is 9.67. The van der Waals surface area contributed by atoms with Crippen molar-refractivity contribution in [1.82, 2.24) is 19.5 Å². The molecule has 3 rings (SSSR count). The number of ether oxygens (including phenoxy) is 1. The topological polar surface area (TPSA) is 140 Å². The SMILES string of the molecule is Nc1ncnc2c1ncn2C1OC(CO)C(O)C1CO.